The second-order valence-electron chi connectivity index (χ2n) is 14.6. The minimum atomic E-state index is 0.352. The van der Waals surface area contributed by atoms with Gasteiger partial charge >= 0.3 is 0 Å². The molecule has 256 valence electrons. The maximum atomic E-state index is 7.18. The molecule has 0 saturated carbocycles. The molecule has 0 fully saturated rings. The zero-order valence-corrected chi connectivity index (χ0v) is 31.2. The molecule has 10 aromatic rings. The first-order valence-corrected chi connectivity index (χ1v) is 19.1. The number of benzene rings is 10. The summed E-state index contributed by atoms with van der Waals surface area (Å²) in [5, 5.41) is 9.25. The molecule has 0 N–H and O–H groups in total. The molecule has 5 heteroatoms. The molecule has 0 amide bonds. The molecule has 0 unspecified atom stereocenters. The molecule has 0 saturated heterocycles. The van der Waals surface area contributed by atoms with Crippen molar-refractivity contribution in [2.45, 2.75) is 0 Å². The summed E-state index contributed by atoms with van der Waals surface area (Å²) in [6.45, 7) is 0. The monoisotopic (exact) mass is 713 g/mol. The van der Waals surface area contributed by atoms with Crippen LogP contribution in [0.2, 0.25) is 0 Å². The van der Waals surface area contributed by atoms with E-state index in [-0.39, 0.29) is 0 Å². The fraction of sp³-hybridized carbons (Fsp3) is 0. The fourth-order valence-electron chi connectivity index (χ4n) is 8.52. The average Bonchev–Trinajstić information content (AvgIpc) is 3.27. The standard InChI is InChI=1S/C52H31B4N/c53-48-47(35-24-22-33(23-25-35)32-12-2-1-3-13-32)49(54)51(56)52(50(48)55)57(46-31-37-15-5-7-17-40(37)42-19-10-11-21-44(42)46)38-28-26-34(27-29-38)45-30-36-14-4-6-16-39(36)41-18-8-9-20-43(41)45/h1-31H. The third-order valence-corrected chi connectivity index (χ3v) is 11.3. The van der Waals surface area contributed by atoms with Crippen LogP contribution >= 0.6 is 0 Å². The van der Waals surface area contributed by atoms with Gasteiger partial charge < -0.3 is 4.90 Å². The van der Waals surface area contributed by atoms with Gasteiger partial charge in [0.25, 0.3) is 0 Å². The first kappa shape index (κ1) is 34.8. The third-order valence-electron chi connectivity index (χ3n) is 11.3. The van der Waals surface area contributed by atoms with Gasteiger partial charge in [-0.3, -0.25) is 0 Å². The lowest BCUT2D eigenvalue weighted by Crippen LogP contribution is -2.46. The maximum Gasteiger partial charge on any atom is 0.115 e. The van der Waals surface area contributed by atoms with Crippen molar-refractivity contribution in [1.29, 1.82) is 0 Å². The fourth-order valence-corrected chi connectivity index (χ4v) is 8.52. The Hall–Kier alpha value is -6.70. The number of rotatable bonds is 6. The van der Waals surface area contributed by atoms with Gasteiger partial charge in [0.1, 0.15) is 31.4 Å². The van der Waals surface area contributed by atoms with Gasteiger partial charge in [-0.25, -0.2) is 0 Å². The minimum absolute atomic E-state index is 0.352. The SMILES string of the molecule is [B]c1c([B])c(N(c2ccc(-c3cc4ccccc4c4ccccc34)cc2)c2cc3ccccc3c3ccccc23)c([B])c([B])c1-c1ccc(-c2ccccc2)cc1. The van der Waals surface area contributed by atoms with Crippen molar-refractivity contribution in [1.82, 2.24) is 0 Å². The van der Waals surface area contributed by atoms with E-state index < -0.39 is 0 Å². The molecule has 0 aromatic heterocycles. The van der Waals surface area contributed by atoms with Gasteiger partial charge in [-0.15, -0.1) is 0 Å². The Morgan fingerprint density at radius 3 is 1.37 bits per heavy atom. The van der Waals surface area contributed by atoms with Crippen LogP contribution in [-0.4, -0.2) is 31.4 Å². The quantitative estimate of drug-likeness (QED) is 0.123. The van der Waals surface area contributed by atoms with E-state index >= 15 is 0 Å². The molecular weight excluding hydrogens is 682 g/mol. The van der Waals surface area contributed by atoms with Crippen molar-refractivity contribution in [2.75, 3.05) is 4.90 Å². The van der Waals surface area contributed by atoms with E-state index in [0.717, 1.165) is 60.7 Å². The highest BCUT2D eigenvalue weighted by Crippen LogP contribution is 2.42. The summed E-state index contributed by atoms with van der Waals surface area (Å²) >= 11 is 0. The van der Waals surface area contributed by atoms with E-state index in [1.807, 2.05) is 30.3 Å². The summed E-state index contributed by atoms with van der Waals surface area (Å²) in [5.41, 5.74) is 9.69. The van der Waals surface area contributed by atoms with Gasteiger partial charge in [0, 0.05) is 16.8 Å². The lowest BCUT2D eigenvalue weighted by Gasteiger charge is -2.34. The molecule has 0 aliphatic heterocycles. The summed E-state index contributed by atoms with van der Waals surface area (Å²) in [6.07, 6.45) is 0. The van der Waals surface area contributed by atoms with Gasteiger partial charge in [0.15, 0.2) is 0 Å². The Balaban J connectivity index is 1.18. The molecule has 0 aliphatic carbocycles. The van der Waals surface area contributed by atoms with Gasteiger partial charge in [0.05, 0.1) is 5.69 Å². The van der Waals surface area contributed by atoms with Crippen LogP contribution < -0.4 is 26.8 Å². The summed E-state index contributed by atoms with van der Waals surface area (Å²) in [5.74, 6) is 0. The van der Waals surface area contributed by atoms with Crippen molar-refractivity contribution >= 4 is 113 Å². The van der Waals surface area contributed by atoms with Gasteiger partial charge in [-0.05, 0) is 95.3 Å². The first-order valence-electron chi connectivity index (χ1n) is 19.1. The predicted octanol–water partition coefficient (Wildman–Crippen LogP) is 9.95. The lowest BCUT2D eigenvalue weighted by atomic mass is 9.64. The second kappa shape index (κ2) is 14.1. The van der Waals surface area contributed by atoms with Crippen LogP contribution in [0.15, 0.2) is 188 Å². The molecule has 0 bridgehead atoms. The second-order valence-corrected chi connectivity index (χ2v) is 14.6. The number of hydrogen-bond donors (Lipinski definition) is 0. The first-order chi connectivity index (χ1) is 28.0. The van der Waals surface area contributed by atoms with E-state index in [4.69, 9.17) is 31.4 Å². The van der Waals surface area contributed by atoms with E-state index in [2.05, 4.69) is 163 Å². The van der Waals surface area contributed by atoms with Crippen molar-refractivity contribution < 1.29 is 0 Å². The Labute approximate surface area is 338 Å². The van der Waals surface area contributed by atoms with Crippen LogP contribution in [0, 0.1) is 0 Å². The Morgan fingerprint density at radius 1 is 0.316 bits per heavy atom. The maximum absolute atomic E-state index is 7.18. The van der Waals surface area contributed by atoms with Gasteiger partial charge in [0.2, 0.25) is 0 Å². The minimum Gasteiger partial charge on any atom is -0.311 e. The molecule has 0 spiro atoms. The van der Waals surface area contributed by atoms with Crippen LogP contribution in [0.3, 0.4) is 0 Å². The van der Waals surface area contributed by atoms with Crippen molar-refractivity contribution in [2.24, 2.45) is 0 Å². The summed E-state index contributed by atoms with van der Waals surface area (Å²) in [7, 11) is 28.4. The normalized spacial score (nSPS) is 11.4. The molecule has 8 radical (unpaired) electrons. The van der Waals surface area contributed by atoms with E-state index in [1.54, 1.807) is 0 Å². The van der Waals surface area contributed by atoms with Crippen molar-refractivity contribution in [3.8, 4) is 33.4 Å². The van der Waals surface area contributed by atoms with E-state index in [9.17, 15) is 0 Å². The van der Waals surface area contributed by atoms with Crippen molar-refractivity contribution in [3.05, 3.63) is 188 Å². The van der Waals surface area contributed by atoms with Crippen LogP contribution in [0.5, 0.6) is 0 Å². The van der Waals surface area contributed by atoms with Crippen LogP contribution in [0.4, 0.5) is 17.1 Å². The highest BCUT2D eigenvalue weighted by molar-refractivity contribution is 6.63. The predicted molar refractivity (Wildman–Crippen MR) is 249 cm³/mol. The molecule has 1 nitrogen and oxygen atoms in total. The average molecular weight is 713 g/mol. The largest absolute Gasteiger partial charge is 0.311 e. The molecule has 0 aliphatic rings. The smallest absolute Gasteiger partial charge is 0.115 e. The number of nitrogens with zero attached hydrogens (tertiary/aromatic N) is 1. The Bertz CT molecular complexity index is 3130. The molecule has 10 aromatic carbocycles. The highest BCUT2D eigenvalue weighted by atomic mass is 15.1. The van der Waals surface area contributed by atoms with E-state index in [0.29, 0.717) is 33.1 Å². The van der Waals surface area contributed by atoms with Crippen LogP contribution in [-0.2, 0) is 0 Å². The number of hydrogen-bond acceptors (Lipinski definition) is 1. The number of fused-ring (bicyclic) bond motifs is 6. The molecular formula is C52H31B4N. The number of anilines is 3. The van der Waals surface area contributed by atoms with Crippen LogP contribution in [0.1, 0.15) is 0 Å². The molecule has 57 heavy (non-hydrogen) atoms. The Morgan fingerprint density at radius 2 is 0.754 bits per heavy atom. The van der Waals surface area contributed by atoms with Crippen LogP contribution in [0.25, 0.3) is 76.5 Å². The van der Waals surface area contributed by atoms with Gasteiger partial charge in [-0.1, -0.05) is 186 Å². The summed E-state index contributed by atoms with van der Waals surface area (Å²) < 4.78 is 0. The molecule has 0 atom stereocenters. The lowest BCUT2D eigenvalue weighted by molar-refractivity contribution is 1.33. The third kappa shape index (κ3) is 5.85. The van der Waals surface area contributed by atoms with Crippen molar-refractivity contribution in [3.63, 3.8) is 0 Å². The zero-order valence-electron chi connectivity index (χ0n) is 31.2. The summed E-state index contributed by atoms with van der Waals surface area (Å²) in [4.78, 5) is 2.12. The topological polar surface area (TPSA) is 3.24 Å². The summed E-state index contributed by atoms with van der Waals surface area (Å²) in [6, 6.07) is 65.5. The van der Waals surface area contributed by atoms with Gasteiger partial charge in [-0.2, -0.15) is 0 Å². The molecule has 10 rings (SSSR count). The molecule has 0 heterocycles. The van der Waals surface area contributed by atoms with E-state index in [1.165, 1.54) is 21.5 Å². The highest BCUT2D eigenvalue weighted by Gasteiger charge is 2.24. The zero-order chi connectivity index (χ0) is 38.6. The Kier molecular flexibility index (Phi) is 8.60.